The van der Waals surface area contributed by atoms with Gasteiger partial charge in [0, 0.05) is 11.0 Å². The monoisotopic (exact) mass is 393 g/mol. The van der Waals surface area contributed by atoms with E-state index in [1.807, 2.05) is 19.9 Å². The molecule has 1 aromatic rings. The first kappa shape index (κ1) is 22.8. The zero-order valence-electron chi connectivity index (χ0n) is 16.0. The summed E-state index contributed by atoms with van der Waals surface area (Å²) < 4.78 is 13.8. The average molecular weight is 394 g/mol. The molecule has 1 aliphatic rings. The number of rotatable bonds is 7. The highest BCUT2D eigenvalue weighted by Gasteiger charge is 2.23. The van der Waals surface area contributed by atoms with Crippen LogP contribution in [0, 0.1) is 5.82 Å². The second-order valence-electron chi connectivity index (χ2n) is 5.88. The minimum Gasteiger partial charge on any atom is -0.366 e. The Bertz CT molecular complexity index is 732. The first-order chi connectivity index (χ1) is 12.9. The second kappa shape index (κ2) is 11.4. The number of amides is 3. The quantitative estimate of drug-likeness (QED) is 0.591. The first-order valence-electron chi connectivity index (χ1n) is 9.16. The lowest BCUT2D eigenvalue weighted by atomic mass is 9.84. The van der Waals surface area contributed by atoms with Crippen LogP contribution in [0.3, 0.4) is 0 Å². The van der Waals surface area contributed by atoms with Crippen molar-refractivity contribution in [3.8, 4) is 0 Å². The Morgan fingerprint density at radius 1 is 1.33 bits per heavy atom. The van der Waals surface area contributed by atoms with Crippen LogP contribution in [0.1, 0.15) is 63.5 Å². The maximum Gasteiger partial charge on any atom is 0.317 e. The molecular formula is C20H28FN3O2S. The maximum absolute atomic E-state index is 13.8. The van der Waals surface area contributed by atoms with Gasteiger partial charge in [-0.05, 0) is 42.0 Å². The number of nitrogens with two attached hydrogens (primary N) is 2. The lowest BCUT2D eigenvalue weighted by Crippen LogP contribution is -2.28. The molecule has 0 bridgehead atoms. The highest BCUT2D eigenvalue weighted by atomic mass is 32.2. The largest absolute Gasteiger partial charge is 0.366 e. The summed E-state index contributed by atoms with van der Waals surface area (Å²) in [6, 6.07) is 3.93. The standard InChI is InChI=1S/C18H22FN3O2S.C2H6/c1-2-3-4-11-5-8-15(13-7-6-12(19)9-14(11)13)25-17(10-16(20)23)22-18(21)24;1-2/h6-11H,2-5H2,1H3,(H2,20,23)(H3,21,22,24);1-2H3/b17-10+;. The van der Waals surface area contributed by atoms with Gasteiger partial charge < -0.3 is 16.8 Å². The number of carbonyl (C=O) groups is 2. The highest BCUT2D eigenvalue weighted by molar-refractivity contribution is 8.11. The number of halogens is 1. The number of hydrogen-bond acceptors (Lipinski definition) is 3. The van der Waals surface area contributed by atoms with Crippen molar-refractivity contribution in [3.63, 3.8) is 0 Å². The molecular weight excluding hydrogens is 365 g/mol. The van der Waals surface area contributed by atoms with Gasteiger partial charge in [-0.15, -0.1) is 0 Å². The predicted octanol–water partition coefficient (Wildman–Crippen LogP) is 4.60. The fourth-order valence-corrected chi connectivity index (χ4v) is 3.90. The lowest BCUT2D eigenvalue weighted by Gasteiger charge is -2.26. The maximum atomic E-state index is 13.8. The van der Waals surface area contributed by atoms with Crippen molar-refractivity contribution in [1.82, 2.24) is 5.32 Å². The zero-order valence-corrected chi connectivity index (χ0v) is 16.9. The highest BCUT2D eigenvalue weighted by Crippen LogP contribution is 2.43. The number of allylic oxidation sites excluding steroid dienone is 1. The fourth-order valence-electron chi connectivity index (χ4n) is 2.86. The summed E-state index contributed by atoms with van der Waals surface area (Å²) >= 11 is 1.18. The van der Waals surface area contributed by atoms with E-state index in [4.69, 9.17) is 11.5 Å². The number of thioether (sulfide) groups is 1. The molecule has 0 saturated heterocycles. The second-order valence-corrected chi connectivity index (χ2v) is 6.96. The smallest absolute Gasteiger partial charge is 0.317 e. The van der Waals surface area contributed by atoms with E-state index >= 15 is 0 Å². The molecule has 0 aromatic heterocycles. The molecule has 1 aromatic carbocycles. The summed E-state index contributed by atoms with van der Waals surface area (Å²) in [7, 11) is 0. The van der Waals surface area contributed by atoms with Crippen molar-refractivity contribution < 1.29 is 14.0 Å². The van der Waals surface area contributed by atoms with Gasteiger partial charge in [-0.2, -0.15) is 0 Å². The third kappa shape index (κ3) is 7.09. The number of unbranched alkanes of at least 4 members (excludes halogenated alkanes) is 1. The van der Waals surface area contributed by atoms with Crippen molar-refractivity contribution >= 4 is 28.6 Å². The molecule has 3 amide bonds. The molecule has 0 radical (unpaired) electrons. The third-order valence-corrected chi connectivity index (χ3v) is 5.00. The zero-order chi connectivity index (χ0) is 20.4. The van der Waals surface area contributed by atoms with Gasteiger partial charge >= 0.3 is 6.03 Å². The van der Waals surface area contributed by atoms with Crippen molar-refractivity contribution in [3.05, 3.63) is 52.3 Å². The number of nitrogens with one attached hydrogen (secondary N) is 1. The Labute approximate surface area is 164 Å². The van der Waals surface area contributed by atoms with Gasteiger partial charge in [-0.1, -0.05) is 57.5 Å². The van der Waals surface area contributed by atoms with E-state index in [9.17, 15) is 14.0 Å². The van der Waals surface area contributed by atoms with Crippen LogP contribution in [0.25, 0.3) is 4.91 Å². The third-order valence-electron chi connectivity index (χ3n) is 3.95. The molecule has 5 N–H and O–H groups in total. The molecule has 0 fully saturated rings. The number of benzene rings is 1. The van der Waals surface area contributed by atoms with E-state index in [1.165, 1.54) is 17.8 Å². The van der Waals surface area contributed by atoms with Gasteiger partial charge in [0.15, 0.2) is 0 Å². The van der Waals surface area contributed by atoms with Gasteiger partial charge in [0.2, 0.25) is 5.91 Å². The van der Waals surface area contributed by atoms with Crippen LogP contribution in [0.5, 0.6) is 0 Å². The van der Waals surface area contributed by atoms with Gasteiger partial charge in [0.05, 0.1) is 5.03 Å². The minimum atomic E-state index is -0.781. The fraction of sp³-hybridized carbons (Fsp3) is 0.400. The number of hydrogen-bond donors (Lipinski definition) is 3. The van der Waals surface area contributed by atoms with E-state index in [2.05, 4.69) is 12.2 Å². The Morgan fingerprint density at radius 3 is 2.63 bits per heavy atom. The number of urea groups is 1. The molecule has 0 spiro atoms. The Balaban J connectivity index is 0.00000176. The van der Waals surface area contributed by atoms with Crippen molar-refractivity contribution in [1.29, 1.82) is 0 Å². The van der Waals surface area contributed by atoms with E-state index in [1.54, 1.807) is 12.1 Å². The van der Waals surface area contributed by atoms with Crippen molar-refractivity contribution in [2.24, 2.45) is 11.5 Å². The van der Waals surface area contributed by atoms with Crippen LogP contribution in [-0.2, 0) is 4.79 Å². The molecule has 0 heterocycles. The molecule has 7 heteroatoms. The summed E-state index contributed by atoms with van der Waals surface area (Å²) in [4.78, 5) is 23.1. The summed E-state index contributed by atoms with van der Waals surface area (Å²) in [6.07, 6.45) is 7.09. The molecule has 5 nitrogen and oxygen atoms in total. The summed E-state index contributed by atoms with van der Waals surface area (Å²) in [5, 5.41) is 2.64. The molecule has 0 saturated carbocycles. The van der Waals surface area contributed by atoms with Crippen LogP contribution in [0.15, 0.2) is 35.4 Å². The Morgan fingerprint density at radius 2 is 2.04 bits per heavy atom. The number of carbonyl (C=O) groups excluding carboxylic acids is 2. The van der Waals surface area contributed by atoms with E-state index in [0.717, 1.165) is 47.8 Å². The van der Waals surface area contributed by atoms with E-state index in [0.29, 0.717) is 0 Å². The molecule has 2 rings (SSSR count). The number of fused-ring (bicyclic) bond motifs is 1. The van der Waals surface area contributed by atoms with E-state index in [-0.39, 0.29) is 16.8 Å². The molecule has 1 atom stereocenters. The SMILES string of the molecule is CC.CCCCC1CC=C(S/C(=C/C(N)=O)NC(N)=O)c2ccc(F)cc21. The minimum absolute atomic E-state index is 0.244. The van der Waals surface area contributed by atoms with Crippen LogP contribution < -0.4 is 16.8 Å². The van der Waals surface area contributed by atoms with Gasteiger partial charge in [-0.25, -0.2) is 9.18 Å². The van der Waals surface area contributed by atoms with Gasteiger partial charge in [-0.3, -0.25) is 4.79 Å². The summed E-state index contributed by atoms with van der Waals surface area (Å²) in [5.41, 5.74) is 12.2. The Kier molecular flexibility index (Phi) is 9.64. The molecule has 1 aliphatic carbocycles. The van der Waals surface area contributed by atoms with Crippen LogP contribution in [0.2, 0.25) is 0 Å². The van der Waals surface area contributed by atoms with Crippen molar-refractivity contribution in [2.75, 3.05) is 0 Å². The van der Waals surface area contributed by atoms with Crippen LogP contribution in [-0.4, -0.2) is 11.9 Å². The van der Waals surface area contributed by atoms with Crippen LogP contribution in [0.4, 0.5) is 9.18 Å². The average Bonchev–Trinajstić information content (AvgIpc) is 2.61. The summed E-state index contributed by atoms with van der Waals surface area (Å²) in [6.45, 7) is 6.13. The normalized spacial score (nSPS) is 15.8. The predicted molar refractivity (Wildman–Crippen MR) is 110 cm³/mol. The Hall–Kier alpha value is -2.28. The molecule has 0 aliphatic heterocycles. The first-order valence-corrected chi connectivity index (χ1v) is 9.97. The van der Waals surface area contributed by atoms with E-state index < -0.39 is 11.9 Å². The topological polar surface area (TPSA) is 98.2 Å². The molecule has 27 heavy (non-hydrogen) atoms. The van der Waals surface area contributed by atoms with Crippen molar-refractivity contribution in [2.45, 2.75) is 52.4 Å². The lowest BCUT2D eigenvalue weighted by molar-refractivity contribution is -0.113. The summed E-state index contributed by atoms with van der Waals surface area (Å²) in [5.74, 6) is -0.690. The van der Waals surface area contributed by atoms with Crippen LogP contribution >= 0.6 is 11.8 Å². The van der Waals surface area contributed by atoms with Gasteiger partial charge in [0.25, 0.3) is 0 Å². The molecule has 1 unspecified atom stereocenters. The number of primary amides is 2. The molecule has 148 valence electrons. The van der Waals surface area contributed by atoms with Gasteiger partial charge in [0.1, 0.15) is 5.82 Å².